The summed E-state index contributed by atoms with van der Waals surface area (Å²) in [7, 11) is 0. The summed E-state index contributed by atoms with van der Waals surface area (Å²) in [5.74, 6) is 0.113. The zero-order valence-electron chi connectivity index (χ0n) is 12.8. The van der Waals surface area contributed by atoms with Crippen LogP contribution in [-0.4, -0.2) is 71.7 Å². The normalized spacial score (nSPS) is 26.9. The molecule has 2 fully saturated rings. The van der Waals surface area contributed by atoms with Crippen molar-refractivity contribution in [1.82, 2.24) is 15.1 Å². The highest BCUT2D eigenvalue weighted by Crippen LogP contribution is 2.13. The van der Waals surface area contributed by atoms with Crippen molar-refractivity contribution in [1.29, 1.82) is 0 Å². The van der Waals surface area contributed by atoms with Crippen molar-refractivity contribution in [2.75, 3.05) is 32.7 Å². The fourth-order valence-electron chi connectivity index (χ4n) is 3.21. The van der Waals surface area contributed by atoms with Gasteiger partial charge in [0.1, 0.15) is 0 Å². The van der Waals surface area contributed by atoms with E-state index in [0.29, 0.717) is 25.2 Å². The molecule has 0 aromatic heterocycles. The molecule has 2 aliphatic heterocycles. The minimum Gasteiger partial charge on any atom is -0.392 e. The zero-order valence-corrected chi connectivity index (χ0v) is 12.8. The minimum atomic E-state index is -0.258. The largest absolute Gasteiger partial charge is 0.392 e. The molecule has 2 N–H and O–H groups in total. The van der Waals surface area contributed by atoms with Crippen molar-refractivity contribution in [3.63, 3.8) is 0 Å². The third kappa shape index (κ3) is 4.72. The van der Waals surface area contributed by atoms with E-state index in [9.17, 15) is 9.90 Å². The Kier molecular flexibility index (Phi) is 5.81. The summed E-state index contributed by atoms with van der Waals surface area (Å²) < 4.78 is 0. The van der Waals surface area contributed by atoms with Gasteiger partial charge in [-0.05, 0) is 46.1 Å². The van der Waals surface area contributed by atoms with Gasteiger partial charge < -0.3 is 15.3 Å². The molecule has 2 heterocycles. The van der Waals surface area contributed by atoms with Crippen molar-refractivity contribution in [3.05, 3.63) is 0 Å². The second-order valence-electron chi connectivity index (χ2n) is 6.50. The number of aliphatic hydroxyl groups is 1. The number of hydrogen-bond acceptors (Lipinski definition) is 4. The molecule has 0 spiro atoms. The summed E-state index contributed by atoms with van der Waals surface area (Å²) in [6, 6.07) is 0.925. The maximum Gasteiger partial charge on any atom is 0.234 e. The van der Waals surface area contributed by atoms with Crippen LogP contribution in [0.5, 0.6) is 0 Å². The molecule has 20 heavy (non-hydrogen) atoms. The molecular formula is C15H29N3O2. The number of nitrogens with one attached hydrogen (secondary N) is 1. The molecular weight excluding hydrogens is 254 g/mol. The van der Waals surface area contributed by atoms with Crippen LogP contribution in [0.3, 0.4) is 0 Å². The molecule has 2 rings (SSSR count). The van der Waals surface area contributed by atoms with E-state index in [2.05, 4.69) is 29.0 Å². The number of carbonyl (C=O) groups excluding carboxylic acids is 1. The van der Waals surface area contributed by atoms with Crippen LogP contribution in [0.1, 0.15) is 39.5 Å². The highest BCUT2D eigenvalue weighted by atomic mass is 16.3. The maximum atomic E-state index is 12.1. The van der Waals surface area contributed by atoms with E-state index in [-0.39, 0.29) is 12.0 Å². The first-order chi connectivity index (χ1) is 9.54. The van der Waals surface area contributed by atoms with Gasteiger partial charge in [-0.15, -0.1) is 0 Å². The van der Waals surface area contributed by atoms with Gasteiger partial charge in [0.15, 0.2) is 0 Å². The van der Waals surface area contributed by atoms with Crippen molar-refractivity contribution >= 4 is 5.91 Å². The fourth-order valence-corrected chi connectivity index (χ4v) is 3.21. The maximum absolute atomic E-state index is 12.1. The van der Waals surface area contributed by atoms with E-state index in [4.69, 9.17) is 0 Å². The number of hydrogen-bond donors (Lipinski definition) is 2. The number of β-amino-alcohol motifs (C(OH)–C–C–N with tert-alkyl or cyclic N) is 1. The molecule has 0 aromatic carbocycles. The molecule has 1 atom stereocenters. The predicted octanol–water partition coefficient (Wildman–Crippen LogP) is 0.432. The lowest BCUT2D eigenvalue weighted by molar-refractivity contribution is -0.124. The predicted molar refractivity (Wildman–Crippen MR) is 79.6 cm³/mol. The zero-order chi connectivity index (χ0) is 14.5. The molecule has 0 aromatic rings. The first-order valence-corrected chi connectivity index (χ1v) is 7.98. The van der Waals surface area contributed by atoms with Crippen LogP contribution >= 0.6 is 0 Å². The Morgan fingerprint density at radius 1 is 1.25 bits per heavy atom. The quantitative estimate of drug-likeness (QED) is 0.786. The van der Waals surface area contributed by atoms with Crippen LogP contribution in [0.25, 0.3) is 0 Å². The average molecular weight is 283 g/mol. The van der Waals surface area contributed by atoms with E-state index in [0.717, 1.165) is 45.3 Å². The van der Waals surface area contributed by atoms with E-state index < -0.39 is 0 Å². The molecule has 116 valence electrons. The first kappa shape index (κ1) is 15.7. The second kappa shape index (κ2) is 7.38. The van der Waals surface area contributed by atoms with E-state index >= 15 is 0 Å². The van der Waals surface area contributed by atoms with E-state index in [1.54, 1.807) is 0 Å². The standard InChI is InChI=1S/C15H29N3O2/c1-12(2)18-8-5-13(6-9-18)16-15(20)11-17-7-3-4-14(19)10-17/h12-14,19H,3-11H2,1-2H3,(H,16,20). The number of piperidine rings is 2. The number of aliphatic hydroxyl groups excluding tert-OH is 1. The molecule has 2 aliphatic rings. The Bertz CT molecular complexity index is 314. The molecule has 0 bridgehead atoms. The Morgan fingerprint density at radius 3 is 2.55 bits per heavy atom. The summed E-state index contributed by atoms with van der Waals surface area (Å²) in [6.07, 6.45) is 3.69. The van der Waals surface area contributed by atoms with Gasteiger partial charge in [0.25, 0.3) is 0 Å². The number of likely N-dealkylation sites (tertiary alicyclic amines) is 2. The van der Waals surface area contributed by atoms with Crippen LogP contribution in [0.2, 0.25) is 0 Å². The minimum absolute atomic E-state index is 0.113. The summed E-state index contributed by atoms with van der Waals surface area (Å²) in [5, 5.41) is 12.8. The van der Waals surface area contributed by atoms with Gasteiger partial charge in [0, 0.05) is 31.7 Å². The summed E-state index contributed by atoms with van der Waals surface area (Å²) in [6.45, 7) is 8.59. The highest BCUT2D eigenvalue weighted by molar-refractivity contribution is 5.78. The molecule has 1 unspecified atom stereocenters. The Hall–Kier alpha value is -0.650. The second-order valence-corrected chi connectivity index (χ2v) is 6.50. The van der Waals surface area contributed by atoms with Crippen LogP contribution < -0.4 is 5.32 Å². The molecule has 0 radical (unpaired) electrons. The Labute approximate surface area is 122 Å². The molecule has 1 amide bonds. The van der Waals surface area contributed by atoms with Crippen molar-refractivity contribution in [3.8, 4) is 0 Å². The molecule has 2 saturated heterocycles. The van der Waals surface area contributed by atoms with Crippen LogP contribution in [0.4, 0.5) is 0 Å². The Balaban J connectivity index is 1.67. The van der Waals surface area contributed by atoms with Gasteiger partial charge in [-0.2, -0.15) is 0 Å². The van der Waals surface area contributed by atoms with Gasteiger partial charge in [-0.1, -0.05) is 0 Å². The SMILES string of the molecule is CC(C)N1CCC(NC(=O)CN2CCCC(O)C2)CC1. The summed E-state index contributed by atoms with van der Waals surface area (Å²) in [4.78, 5) is 16.6. The third-order valence-corrected chi connectivity index (χ3v) is 4.47. The van der Waals surface area contributed by atoms with Gasteiger partial charge in [-0.3, -0.25) is 9.69 Å². The monoisotopic (exact) mass is 283 g/mol. The van der Waals surface area contributed by atoms with Crippen LogP contribution in [0.15, 0.2) is 0 Å². The molecule has 0 saturated carbocycles. The fraction of sp³-hybridized carbons (Fsp3) is 0.933. The topological polar surface area (TPSA) is 55.8 Å². The summed E-state index contributed by atoms with van der Waals surface area (Å²) in [5.41, 5.74) is 0. The van der Waals surface area contributed by atoms with Crippen molar-refractivity contribution in [2.45, 2.75) is 57.7 Å². The molecule has 5 heteroatoms. The third-order valence-electron chi connectivity index (χ3n) is 4.47. The number of carbonyl (C=O) groups is 1. The van der Waals surface area contributed by atoms with E-state index in [1.165, 1.54) is 0 Å². The van der Waals surface area contributed by atoms with Gasteiger partial charge in [0.05, 0.1) is 12.6 Å². The molecule has 0 aliphatic carbocycles. The number of nitrogens with zero attached hydrogens (tertiary/aromatic N) is 2. The summed E-state index contributed by atoms with van der Waals surface area (Å²) >= 11 is 0. The van der Waals surface area contributed by atoms with Crippen molar-refractivity contribution < 1.29 is 9.90 Å². The van der Waals surface area contributed by atoms with Crippen LogP contribution in [-0.2, 0) is 4.79 Å². The lowest BCUT2D eigenvalue weighted by atomic mass is 10.0. The lowest BCUT2D eigenvalue weighted by Gasteiger charge is -2.35. The molecule has 5 nitrogen and oxygen atoms in total. The van der Waals surface area contributed by atoms with Gasteiger partial charge in [-0.25, -0.2) is 0 Å². The first-order valence-electron chi connectivity index (χ1n) is 7.98. The number of amides is 1. The average Bonchev–Trinajstić information content (AvgIpc) is 2.39. The van der Waals surface area contributed by atoms with Crippen LogP contribution in [0, 0.1) is 0 Å². The van der Waals surface area contributed by atoms with Gasteiger partial charge >= 0.3 is 0 Å². The van der Waals surface area contributed by atoms with E-state index in [1.807, 2.05) is 0 Å². The number of rotatable bonds is 4. The highest BCUT2D eigenvalue weighted by Gasteiger charge is 2.24. The van der Waals surface area contributed by atoms with Crippen molar-refractivity contribution in [2.24, 2.45) is 0 Å². The Morgan fingerprint density at radius 2 is 1.95 bits per heavy atom. The smallest absolute Gasteiger partial charge is 0.234 e. The van der Waals surface area contributed by atoms with Gasteiger partial charge in [0.2, 0.25) is 5.91 Å². The lowest BCUT2D eigenvalue weighted by Crippen LogP contribution is -2.50.